The number of aromatic nitrogens is 4. The fourth-order valence-electron chi connectivity index (χ4n) is 2.52. The molecule has 5 nitrogen and oxygen atoms in total. The van der Waals surface area contributed by atoms with Crippen LogP contribution in [0.3, 0.4) is 0 Å². The summed E-state index contributed by atoms with van der Waals surface area (Å²) in [5.41, 5.74) is 1.25. The lowest BCUT2D eigenvalue weighted by Crippen LogP contribution is -1.95. The lowest BCUT2D eigenvalue weighted by Gasteiger charge is -2.08. The molecule has 1 atom stereocenters. The number of thiophene rings is 2. The second-order valence-electron chi connectivity index (χ2n) is 5.72. The highest BCUT2D eigenvalue weighted by Gasteiger charge is 2.21. The van der Waals surface area contributed by atoms with Gasteiger partial charge in [-0.1, -0.05) is 17.8 Å². The molecule has 0 aromatic carbocycles. The third kappa shape index (κ3) is 3.09. The van der Waals surface area contributed by atoms with E-state index in [2.05, 4.69) is 40.9 Å². The molecule has 0 spiro atoms. The number of hydrogen-bond donors (Lipinski definition) is 0. The van der Waals surface area contributed by atoms with Gasteiger partial charge in [0.15, 0.2) is 0 Å². The summed E-state index contributed by atoms with van der Waals surface area (Å²) in [5.74, 6) is 1.97. The smallest absolute Gasteiger partial charge is 0.257 e. The van der Waals surface area contributed by atoms with Crippen LogP contribution in [0.5, 0.6) is 0 Å². The van der Waals surface area contributed by atoms with Crippen molar-refractivity contribution in [3.63, 3.8) is 0 Å². The van der Waals surface area contributed by atoms with Crippen LogP contribution in [0.1, 0.15) is 34.3 Å². The molecule has 0 saturated carbocycles. The zero-order valence-electron chi connectivity index (χ0n) is 14.2. The first kappa shape index (κ1) is 16.7. The predicted molar refractivity (Wildman–Crippen MR) is 104 cm³/mol. The zero-order chi connectivity index (χ0) is 17.6. The average molecular weight is 389 g/mol. The molecule has 0 aliphatic carbocycles. The van der Waals surface area contributed by atoms with Gasteiger partial charge in [0.25, 0.3) is 5.89 Å². The number of rotatable bonds is 4. The van der Waals surface area contributed by atoms with Crippen molar-refractivity contribution in [3.05, 3.63) is 39.7 Å². The van der Waals surface area contributed by atoms with Gasteiger partial charge in [-0.2, -0.15) is 0 Å². The summed E-state index contributed by atoms with van der Waals surface area (Å²) < 4.78 is 5.87. The van der Waals surface area contributed by atoms with Gasteiger partial charge in [0, 0.05) is 10.3 Å². The average Bonchev–Trinajstić information content (AvgIpc) is 3.28. The first-order valence-corrected chi connectivity index (χ1v) is 10.4. The lowest BCUT2D eigenvalue weighted by atomic mass is 10.2. The molecule has 0 amide bonds. The van der Waals surface area contributed by atoms with E-state index < -0.39 is 0 Å². The van der Waals surface area contributed by atoms with Crippen LogP contribution < -0.4 is 0 Å². The third-order valence-corrected chi connectivity index (χ3v) is 6.95. The van der Waals surface area contributed by atoms with Gasteiger partial charge in [-0.15, -0.1) is 32.9 Å². The largest absolute Gasteiger partial charge is 0.419 e. The Morgan fingerprint density at radius 2 is 2.00 bits per heavy atom. The van der Waals surface area contributed by atoms with E-state index in [9.17, 15) is 0 Å². The third-order valence-electron chi connectivity index (χ3n) is 3.92. The summed E-state index contributed by atoms with van der Waals surface area (Å²) >= 11 is 4.95. The molecule has 4 aromatic heterocycles. The van der Waals surface area contributed by atoms with Crippen molar-refractivity contribution in [1.82, 2.24) is 20.2 Å². The number of thioether (sulfide) groups is 1. The van der Waals surface area contributed by atoms with E-state index in [-0.39, 0.29) is 5.25 Å². The van der Waals surface area contributed by atoms with Crippen molar-refractivity contribution in [3.8, 4) is 10.8 Å². The summed E-state index contributed by atoms with van der Waals surface area (Å²) in [6, 6.07) is 3.96. The van der Waals surface area contributed by atoms with Crippen molar-refractivity contribution < 1.29 is 4.42 Å². The first-order valence-electron chi connectivity index (χ1n) is 7.81. The molecule has 0 aliphatic rings. The maximum Gasteiger partial charge on any atom is 0.257 e. The fourth-order valence-corrected chi connectivity index (χ4v) is 5.38. The Morgan fingerprint density at radius 3 is 2.76 bits per heavy atom. The van der Waals surface area contributed by atoms with Gasteiger partial charge in [-0.05, 0) is 44.7 Å². The maximum absolute atomic E-state index is 5.87. The molecule has 8 heteroatoms. The summed E-state index contributed by atoms with van der Waals surface area (Å²) in [7, 11) is 0. The lowest BCUT2D eigenvalue weighted by molar-refractivity contribution is 0.510. The molecule has 0 aliphatic heterocycles. The standard InChI is InChI=1S/C17H16N4OS3/c1-8-9(2)24-16-13(8)17(19-11(4)18-16)25-10(3)14-20-21-15(22-14)12-6-5-7-23-12/h5-7,10H,1-4H3. The molecule has 0 N–H and O–H groups in total. The van der Waals surface area contributed by atoms with E-state index in [1.165, 1.54) is 10.4 Å². The van der Waals surface area contributed by atoms with Crippen molar-refractivity contribution in [2.24, 2.45) is 0 Å². The number of nitrogens with zero attached hydrogens (tertiary/aromatic N) is 4. The molecule has 0 saturated heterocycles. The van der Waals surface area contributed by atoms with E-state index in [1.807, 2.05) is 24.4 Å². The molecule has 0 bridgehead atoms. The topological polar surface area (TPSA) is 64.7 Å². The van der Waals surface area contributed by atoms with Crippen LogP contribution in [-0.4, -0.2) is 20.2 Å². The highest BCUT2D eigenvalue weighted by Crippen LogP contribution is 2.41. The zero-order valence-corrected chi connectivity index (χ0v) is 16.7. The molecule has 128 valence electrons. The van der Waals surface area contributed by atoms with Gasteiger partial charge >= 0.3 is 0 Å². The van der Waals surface area contributed by atoms with E-state index in [0.717, 1.165) is 25.9 Å². The van der Waals surface area contributed by atoms with Gasteiger partial charge in [-0.3, -0.25) is 0 Å². The van der Waals surface area contributed by atoms with E-state index in [1.54, 1.807) is 34.4 Å². The minimum Gasteiger partial charge on any atom is -0.419 e. The van der Waals surface area contributed by atoms with Crippen LogP contribution in [-0.2, 0) is 0 Å². The van der Waals surface area contributed by atoms with Gasteiger partial charge < -0.3 is 4.42 Å². The summed E-state index contributed by atoms with van der Waals surface area (Å²) in [6.45, 7) is 8.25. The van der Waals surface area contributed by atoms with Crippen LogP contribution in [0, 0.1) is 20.8 Å². The number of aryl methyl sites for hydroxylation is 3. The molecular weight excluding hydrogens is 372 g/mol. The van der Waals surface area contributed by atoms with Gasteiger partial charge in [0.2, 0.25) is 5.89 Å². The highest BCUT2D eigenvalue weighted by atomic mass is 32.2. The molecule has 0 radical (unpaired) electrons. The maximum atomic E-state index is 5.87. The summed E-state index contributed by atoms with van der Waals surface area (Å²) in [4.78, 5) is 12.6. The Labute approximate surface area is 157 Å². The molecule has 4 heterocycles. The van der Waals surface area contributed by atoms with E-state index in [0.29, 0.717) is 11.8 Å². The minimum atomic E-state index is 0.0123. The predicted octanol–water partition coefficient (Wildman–Crippen LogP) is 5.58. The van der Waals surface area contributed by atoms with Crippen molar-refractivity contribution in [1.29, 1.82) is 0 Å². The Balaban J connectivity index is 1.67. The van der Waals surface area contributed by atoms with Crippen LogP contribution in [0.4, 0.5) is 0 Å². The highest BCUT2D eigenvalue weighted by molar-refractivity contribution is 7.99. The Bertz CT molecular complexity index is 1040. The van der Waals surface area contributed by atoms with Gasteiger partial charge in [-0.25, -0.2) is 9.97 Å². The monoisotopic (exact) mass is 388 g/mol. The van der Waals surface area contributed by atoms with Gasteiger partial charge in [0.05, 0.1) is 10.1 Å². The van der Waals surface area contributed by atoms with Crippen LogP contribution in [0.25, 0.3) is 21.0 Å². The van der Waals surface area contributed by atoms with Crippen molar-refractivity contribution in [2.75, 3.05) is 0 Å². The number of hydrogen-bond acceptors (Lipinski definition) is 8. The van der Waals surface area contributed by atoms with Gasteiger partial charge in [0.1, 0.15) is 15.7 Å². The van der Waals surface area contributed by atoms with Crippen LogP contribution in [0.15, 0.2) is 27.0 Å². The second kappa shape index (κ2) is 6.51. The van der Waals surface area contributed by atoms with Crippen molar-refractivity contribution >= 4 is 44.7 Å². The fraction of sp³-hybridized carbons (Fsp3) is 0.294. The molecule has 4 rings (SSSR count). The molecule has 4 aromatic rings. The van der Waals surface area contributed by atoms with Crippen LogP contribution >= 0.6 is 34.4 Å². The summed E-state index contributed by atoms with van der Waals surface area (Å²) in [5, 5.41) is 12.5. The van der Waals surface area contributed by atoms with Crippen LogP contribution in [0.2, 0.25) is 0 Å². The molecular formula is C17H16N4OS3. The number of fused-ring (bicyclic) bond motifs is 1. The van der Waals surface area contributed by atoms with E-state index >= 15 is 0 Å². The molecule has 1 unspecified atom stereocenters. The van der Waals surface area contributed by atoms with E-state index in [4.69, 9.17) is 4.42 Å². The quantitative estimate of drug-likeness (QED) is 0.336. The minimum absolute atomic E-state index is 0.0123. The Kier molecular flexibility index (Phi) is 4.35. The molecule has 25 heavy (non-hydrogen) atoms. The first-order chi connectivity index (χ1) is 12.0. The Hall–Kier alpha value is -1.77. The second-order valence-corrected chi connectivity index (χ2v) is 9.20. The normalized spacial score (nSPS) is 12.8. The Morgan fingerprint density at radius 1 is 1.16 bits per heavy atom. The molecule has 0 fully saturated rings. The van der Waals surface area contributed by atoms with Crippen molar-refractivity contribution in [2.45, 2.75) is 38.0 Å². The summed E-state index contributed by atoms with van der Waals surface area (Å²) in [6.07, 6.45) is 0. The SMILES string of the molecule is Cc1nc(SC(C)c2nnc(-c3cccs3)o2)c2c(C)c(C)sc2n1.